The zero-order valence-electron chi connectivity index (χ0n) is 16.2. The Morgan fingerprint density at radius 2 is 1.96 bits per heavy atom. The molecule has 1 saturated heterocycles. The van der Waals surface area contributed by atoms with Crippen molar-refractivity contribution in [2.24, 2.45) is 13.0 Å². The second-order valence-corrected chi connectivity index (χ2v) is 7.35. The Morgan fingerprint density at radius 3 is 2.59 bits per heavy atom. The summed E-state index contributed by atoms with van der Waals surface area (Å²) in [6, 6.07) is 0. The van der Waals surface area contributed by atoms with Crippen molar-refractivity contribution in [3.8, 4) is 0 Å². The van der Waals surface area contributed by atoms with Crippen molar-refractivity contribution in [1.29, 1.82) is 0 Å². The van der Waals surface area contributed by atoms with Crippen LogP contribution in [0.3, 0.4) is 0 Å². The van der Waals surface area contributed by atoms with Crippen LogP contribution in [0.15, 0.2) is 22.0 Å². The summed E-state index contributed by atoms with van der Waals surface area (Å²) >= 11 is 0. The standard InChI is InChI=1S/C19H27N5O3/c1-13-16(18(26)22(3)19(27)21-13)4-5-17(25)23-9-6-15(7-10-23)12-24-11-8-20-14(24)2/h8,11,15H,4-7,9-10,12H2,1-3H3,(H,21,27). The third kappa shape index (κ3) is 4.20. The van der Waals surface area contributed by atoms with Gasteiger partial charge in [0.25, 0.3) is 5.56 Å². The number of hydrogen-bond donors (Lipinski definition) is 1. The predicted molar refractivity (Wildman–Crippen MR) is 102 cm³/mol. The molecule has 8 heteroatoms. The number of aromatic amines is 1. The van der Waals surface area contributed by atoms with E-state index in [9.17, 15) is 14.4 Å². The van der Waals surface area contributed by atoms with Gasteiger partial charge in [-0.15, -0.1) is 0 Å². The molecule has 0 aliphatic carbocycles. The molecule has 1 aliphatic rings. The van der Waals surface area contributed by atoms with Crippen LogP contribution in [0.4, 0.5) is 0 Å². The number of nitrogens with one attached hydrogen (secondary N) is 1. The highest BCUT2D eigenvalue weighted by Crippen LogP contribution is 2.20. The molecule has 146 valence electrons. The Balaban J connectivity index is 1.53. The monoisotopic (exact) mass is 373 g/mol. The Morgan fingerprint density at radius 1 is 1.26 bits per heavy atom. The first-order valence-corrected chi connectivity index (χ1v) is 9.41. The number of aromatic nitrogens is 4. The number of H-pyrrole nitrogens is 1. The molecule has 1 fully saturated rings. The highest BCUT2D eigenvalue weighted by Gasteiger charge is 2.23. The molecule has 0 atom stereocenters. The van der Waals surface area contributed by atoms with E-state index in [4.69, 9.17) is 0 Å². The molecule has 2 aromatic heterocycles. The van der Waals surface area contributed by atoms with Gasteiger partial charge in [-0.3, -0.25) is 14.2 Å². The summed E-state index contributed by atoms with van der Waals surface area (Å²) in [5.74, 6) is 1.64. The largest absolute Gasteiger partial charge is 0.343 e. The van der Waals surface area contributed by atoms with E-state index in [0.29, 0.717) is 23.6 Å². The van der Waals surface area contributed by atoms with Gasteiger partial charge >= 0.3 is 5.69 Å². The summed E-state index contributed by atoms with van der Waals surface area (Å²) in [6.45, 7) is 6.15. The highest BCUT2D eigenvalue weighted by molar-refractivity contribution is 5.76. The van der Waals surface area contributed by atoms with Crippen LogP contribution in [0.25, 0.3) is 0 Å². The molecule has 0 saturated carbocycles. The van der Waals surface area contributed by atoms with Crippen LogP contribution < -0.4 is 11.2 Å². The van der Waals surface area contributed by atoms with E-state index in [1.54, 1.807) is 6.92 Å². The maximum atomic E-state index is 12.6. The number of carbonyl (C=O) groups is 1. The van der Waals surface area contributed by atoms with E-state index < -0.39 is 5.69 Å². The minimum Gasteiger partial charge on any atom is -0.343 e. The van der Waals surface area contributed by atoms with E-state index in [1.807, 2.05) is 24.2 Å². The van der Waals surface area contributed by atoms with Crippen LogP contribution in [0.5, 0.6) is 0 Å². The molecule has 0 unspecified atom stereocenters. The number of imidazole rings is 1. The Hall–Kier alpha value is -2.64. The average Bonchev–Trinajstić information content (AvgIpc) is 3.05. The zero-order chi connectivity index (χ0) is 19.6. The quantitative estimate of drug-likeness (QED) is 0.837. The molecule has 0 aromatic carbocycles. The Bertz CT molecular complexity index is 932. The first-order valence-electron chi connectivity index (χ1n) is 9.41. The van der Waals surface area contributed by atoms with Crippen LogP contribution in [-0.2, 0) is 24.8 Å². The maximum absolute atomic E-state index is 12.6. The molecule has 0 bridgehead atoms. The Labute approximate surface area is 157 Å². The van der Waals surface area contributed by atoms with Crippen LogP contribution in [0.2, 0.25) is 0 Å². The fourth-order valence-corrected chi connectivity index (χ4v) is 3.70. The lowest BCUT2D eigenvalue weighted by atomic mass is 9.96. The number of rotatable bonds is 5. The third-order valence-corrected chi connectivity index (χ3v) is 5.55. The van der Waals surface area contributed by atoms with E-state index in [2.05, 4.69) is 14.5 Å². The van der Waals surface area contributed by atoms with E-state index >= 15 is 0 Å². The molecule has 3 heterocycles. The van der Waals surface area contributed by atoms with Crippen molar-refractivity contribution >= 4 is 5.91 Å². The van der Waals surface area contributed by atoms with Crippen molar-refractivity contribution in [3.63, 3.8) is 0 Å². The fourth-order valence-electron chi connectivity index (χ4n) is 3.70. The molecular formula is C19H27N5O3. The molecule has 0 radical (unpaired) electrons. The molecule has 3 rings (SSSR count). The second-order valence-electron chi connectivity index (χ2n) is 7.35. The van der Waals surface area contributed by atoms with Crippen LogP contribution >= 0.6 is 0 Å². The normalized spacial score (nSPS) is 15.3. The number of piperidine rings is 1. The van der Waals surface area contributed by atoms with Gasteiger partial charge in [0.2, 0.25) is 5.91 Å². The van der Waals surface area contributed by atoms with Gasteiger partial charge in [0.15, 0.2) is 0 Å². The highest BCUT2D eigenvalue weighted by atomic mass is 16.2. The summed E-state index contributed by atoms with van der Waals surface area (Å²) in [4.78, 5) is 45.2. The zero-order valence-corrected chi connectivity index (χ0v) is 16.2. The van der Waals surface area contributed by atoms with Crippen molar-refractivity contribution in [3.05, 3.63) is 50.3 Å². The minimum absolute atomic E-state index is 0.0694. The third-order valence-electron chi connectivity index (χ3n) is 5.55. The van der Waals surface area contributed by atoms with Gasteiger partial charge in [0, 0.05) is 56.8 Å². The minimum atomic E-state index is -0.428. The first-order chi connectivity index (χ1) is 12.9. The van der Waals surface area contributed by atoms with Gasteiger partial charge < -0.3 is 14.5 Å². The second kappa shape index (κ2) is 7.94. The summed E-state index contributed by atoms with van der Waals surface area (Å²) in [5.41, 5.74) is 0.308. The van der Waals surface area contributed by atoms with Crippen LogP contribution in [0, 0.1) is 19.8 Å². The number of amides is 1. The van der Waals surface area contributed by atoms with Crippen molar-refractivity contribution in [2.45, 2.75) is 46.1 Å². The van der Waals surface area contributed by atoms with Crippen molar-refractivity contribution < 1.29 is 4.79 Å². The van der Waals surface area contributed by atoms with Gasteiger partial charge in [-0.05, 0) is 39.0 Å². The van der Waals surface area contributed by atoms with Crippen LogP contribution in [0.1, 0.15) is 36.3 Å². The molecule has 8 nitrogen and oxygen atoms in total. The summed E-state index contributed by atoms with van der Waals surface area (Å²) in [6.07, 6.45) is 6.40. The molecule has 27 heavy (non-hydrogen) atoms. The molecule has 1 aliphatic heterocycles. The molecule has 1 N–H and O–H groups in total. The maximum Gasteiger partial charge on any atom is 0.328 e. The Kier molecular flexibility index (Phi) is 5.62. The molecular weight excluding hydrogens is 346 g/mol. The van der Waals surface area contributed by atoms with Crippen LogP contribution in [-0.4, -0.2) is 43.0 Å². The van der Waals surface area contributed by atoms with Crippen molar-refractivity contribution in [1.82, 2.24) is 24.0 Å². The van der Waals surface area contributed by atoms with Gasteiger partial charge in [-0.2, -0.15) is 0 Å². The van der Waals surface area contributed by atoms with E-state index in [-0.39, 0.29) is 17.9 Å². The number of aryl methyl sites for hydroxylation is 2. The summed E-state index contributed by atoms with van der Waals surface area (Å²) in [7, 11) is 1.44. The van der Waals surface area contributed by atoms with Gasteiger partial charge in [0.1, 0.15) is 5.82 Å². The SMILES string of the molecule is Cc1[nH]c(=O)n(C)c(=O)c1CCC(=O)N1CCC(Cn2ccnc2C)CC1. The van der Waals surface area contributed by atoms with Gasteiger partial charge in [-0.1, -0.05) is 0 Å². The predicted octanol–water partition coefficient (Wildman–Crippen LogP) is 0.758. The lowest BCUT2D eigenvalue weighted by Gasteiger charge is -2.32. The number of hydrogen-bond acceptors (Lipinski definition) is 4. The molecule has 0 spiro atoms. The fraction of sp³-hybridized carbons (Fsp3) is 0.579. The molecule has 2 aromatic rings. The smallest absolute Gasteiger partial charge is 0.328 e. The number of likely N-dealkylation sites (tertiary alicyclic amines) is 1. The topological polar surface area (TPSA) is 93.0 Å². The average molecular weight is 373 g/mol. The summed E-state index contributed by atoms with van der Waals surface area (Å²) < 4.78 is 3.22. The molecule has 1 amide bonds. The van der Waals surface area contributed by atoms with E-state index in [0.717, 1.165) is 42.9 Å². The number of carbonyl (C=O) groups excluding carboxylic acids is 1. The lowest BCUT2D eigenvalue weighted by Crippen LogP contribution is -2.40. The first kappa shape index (κ1) is 19.1. The van der Waals surface area contributed by atoms with E-state index in [1.165, 1.54) is 7.05 Å². The lowest BCUT2D eigenvalue weighted by molar-refractivity contribution is -0.132. The summed E-state index contributed by atoms with van der Waals surface area (Å²) in [5, 5.41) is 0. The van der Waals surface area contributed by atoms with Gasteiger partial charge in [0.05, 0.1) is 0 Å². The van der Waals surface area contributed by atoms with Crippen molar-refractivity contribution in [2.75, 3.05) is 13.1 Å². The number of nitrogens with zero attached hydrogens (tertiary/aromatic N) is 4. The van der Waals surface area contributed by atoms with Gasteiger partial charge in [-0.25, -0.2) is 9.78 Å².